The SMILES string of the molecule is Cc1ccc(SOC2CCN(C(=O)OC(C)(C)C)CC2)cc1. The molecule has 0 aromatic heterocycles. The van der Waals surface area contributed by atoms with Crippen LogP contribution in [0.4, 0.5) is 4.79 Å². The average Bonchev–Trinajstić information content (AvgIpc) is 2.45. The van der Waals surface area contributed by atoms with E-state index in [1.54, 1.807) is 4.90 Å². The van der Waals surface area contributed by atoms with Crippen LogP contribution in [-0.4, -0.2) is 35.8 Å². The van der Waals surface area contributed by atoms with Crippen molar-refractivity contribution in [3.63, 3.8) is 0 Å². The Hall–Kier alpha value is -1.20. The summed E-state index contributed by atoms with van der Waals surface area (Å²) in [6.07, 6.45) is 1.65. The van der Waals surface area contributed by atoms with Crippen LogP contribution < -0.4 is 0 Å². The number of piperidine rings is 1. The van der Waals surface area contributed by atoms with Gasteiger partial charge < -0.3 is 13.8 Å². The molecule has 0 radical (unpaired) electrons. The van der Waals surface area contributed by atoms with Gasteiger partial charge in [-0.3, -0.25) is 0 Å². The largest absolute Gasteiger partial charge is 0.444 e. The number of hydrogen-bond acceptors (Lipinski definition) is 4. The Bertz CT molecular complexity index is 488. The molecule has 1 aromatic carbocycles. The van der Waals surface area contributed by atoms with Crippen LogP contribution in [-0.2, 0) is 8.92 Å². The number of hydrogen-bond donors (Lipinski definition) is 0. The van der Waals surface area contributed by atoms with Gasteiger partial charge in [0.2, 0.25) is 0 Å². The van der Waals surface area contributed by atoms with E-state index in [2.05, 4.69) is 31.2 Å². The van der Waals surface area contributed by atoms with E-state index in [9.17, 15) is 4.79 Å². The second-order valence-electron chi connectivity index (χ2n) is 6.66. The molecule has 5 heteroatoms. The molecule has 0 spiro atoms. The van der Waals surface area contributed by atoms with Crippen molar-refractivity contribution in [2.24, 2.45) is 0 Å². The van der Waals surface area contributed by atoms with Gasteiger partial charge in [0.1, 0.15) is 5.60 Å². The van der Waals surface area contributed by atoms with Crippen LogP contribution in [0.1, 0.15) is 39.2 Å². The predicted octanol–water partition coefficient (Wildman–Crippen LogP) is 4.42. The Morgan fingerprint density at radius 1 is 1.18 bits per heavy atom. The maximum Gasteiger partial charge on any atom is 0.410 e. The van der Waals surface area contributed by atoms with Crippen molar-refractivity contribution in [1.29, 1.82) is 0 Å². The smallest absolute Gasteiger partial charge is 0.410 e. The number of ether oxygens (including phenoxy) is 1. The van der Waals surface area contributed by atoms with Crippen molar-refractivity contribution in [3.05, 3.63) is 29.8 Å². The summed E-state index contributed by atoms with van der Waals surface area (Å²) in [5.74, 6) is 0. The number of rotatable bonds is 3. The van der Waals surface area contributed by atoms with Crippen LogP contribution in [0.25, 0.3) is 0 Å². The van der Waals surface area contributed by atoms with E-state index in [1.165, 1.54) is 17.6 Å². The number of carbonyl (C=O) groups excluding carboxylic acids is 1. The maximum absolute atomic E-state index is 12.0. The fourth-order valence-electron chi connectivity index (χ4n) is 2.18. The molecule has 0 aliphatic carbocycles. The highest BCUT2D eigenvalue weighted by atomic mass is 32.2. The molecule has 1 aliphatic heterocycles. The lowest BCUT2D eigenvalue weighted by Gasteiger charge is -2.32. The van der Waals surface area contributed by atoms with Crippen molar-refractivity contribution in [3.8, 4) is 0 Å². The normalized spacial score (nSPS) is 16.6. The summed E-state index contributed by atoms with van der Waals surface area (Å²) in [6.45, 7) is 9.11. The topological polar surface area (TPSA) is 38.8 Å². The molecule has 0 bridgehead atoms. The number of amides is 1. The second-order valence-corrected chi connectivity index (χ2v) is 7.49. The molecular weight excluding hydrogens is 298 g/mol. The number of carbonyl (C=O) groups is 1. The Morgan fingerprint density at radius 3 is 2.32 bits per heavy atom. The van der Waals surface area contributed by atoms with Gasteiger partial charge >= 0.3 is 6.09 Å². The molecule has 1 amide bonds. The van der Waals surface area contributed by atoms with E-state index in [1.807, 2.05) is 20.8 Å². The maximum atomic E-state index is 12.0. The van der Waals surface area contributed by atoms with Crippen molar-refractivity contribution in [1.82, 2.24) is 4.90 Å². The van der Waals surface area contributed by atoms with E-state index in [-0.39, 0.29) is 12.2 Å². The molecule has 0 N–H and O–H groups in total. The number of aryl methyl sites for hydroxylation is 1. The van der Waals surface area contributed by atoms with Crippen molar-refractivity contribution in [2.45, 2.75) is 57.1 Å². The monoisotopic (exact) mass is 323 g/mol. The Balaban J connectivity index is 1.73. The minimum absolute atomic E-state index is 0.185. The molecule has 0 saturated carbocycles. The summed E-state index contributed by atoms with van der Waals surface area (Å²) in [5, 5.41) is 0. The first kappa shape index (κ1) is 17.2. The van der Waals surface area contributed by atoms with E-state index in [4.69, 9.17) is 8.92 Å². The molecule has 1 fully saturated rings. The zero-order valence-electron chi connectivity index (χ0n) is 13.8. The van der Waals surface area contributed by atoms with Crippen LogP contribution in [0, 0.1) is 6.92 Å². The zero-order chi connectivity index (χ0) is 16.2. The van der Waals surface area contributed by atoms with Gasteiger partial charge in [0.15, 0.2) is 0 Å². The summed E-state index contributed by atoms with van der Waals surface area (Å²) in [4.78, 5) is 14.9. The van der Waals surface area contributed by atoms with Crippen molar-refractivity contribution >= 4 is 18.1 Å². The lowest BCUT2D eigenvalue weighted by Crippen LogP contribution is -2.43. The highest BCUT2D eigenvalue weighted by Crippen LogP contribution is 2.26. The predicted molar refractivity (Wildman–Crippen MR) is 89.0 cm³/mol. The average molecular weight is 323 g/mol. The summed E-state index contributed by atoms with van der Waals surface area (Å²) >= 11 is 1.42. The van der Waals surface area contributed by atoms with Crippen LogP contribution in [0.3, 0.4) is 0 Å². The third kappa shape index (κ3) is 5.54. The molecule has 4 nitrogen and oxygen atoms in total. The first-order chi connectivity index (χ1) is 10.3. The van der Waals surface area contributed by atoms with Gasteiger partial charge in [-0.25, -0.2) is 4.79 Å². The highest BCUT2D eigenvalue weighted by Gasteiger charge is 2.27. The molecule has 0 unspecified atom stereocenters. The van der Waals surface area contributed by atoms with Crippen molar-refractivity contribution in [2.75, 3.05) is 13.1 Å². The molecule has 1 heterocycles. The molecule has 122 valence electrons. The summed E-state index contributed by atoms with van der Waals surface area (Å²) in [5.41, 5.74) is 0.807. The lowest BCUT2D eigenvalue weighted by atomic mass is 10.1. The zero-order valence-corrected chi connectivity index (χ0v) is 14.6. The van der Waals surface area contributed by atoms with Gasteiger partial charge in [-0.2, -0.15) is 0 Å². The standard InChI is InChI=1S/C17H25NO3S/c1-13-5-7-15(8-6-13)22-21-14-9-11-18(12-10-14)16(19)20-17(2,3)4/h5-8,14H,9-12H2,1-4H3. The fraction of sp³-hybridized carbons (Fsp3) is 0.588. The first-order valence-corrected chi connectivity index (χ1v) is 8.45. The minimum Gasteiger partial charge on any atom is -0.444 e. The quantitative estimate of drug-likeness (QED) is 0.772. The molecular formula is C17H25NO3S. The summed E-state index contributed by atoms with van der Waals surface area (Å²) in [6, 6.07) is 8.29. The molecule has 1 aromatic rings. The number of likely N-dealkylation sites (tertiary alicyclic amines) is 1. The summed E-state index contributed by atoms with van der Waals surface area (Å²) in [7, 11) is 0. The van der Waals surface area contributed by atoms with E-state index in [0.29, 0.717) is 13.1 Å². The fourth-order valence-corrected chi connectivity index (χ4v) is 2.87. The van der Waals surface area contributed by atoms with Gasteiger partial charge in [0.05, 0.1) is 6.10 Å². The van der Waals surface area contributed by atoms with Gasteiger partial charge in [-0.1, -0.05) is 17.7 Å². The third-order valence-electron chi connectivity index (χ3n) is 3.40. The highest BCUT2D eigenvalue weighted by molar-refractivity contribution is 7.94. The number of nitrogens with zero attached hydrogens (tertiary/aromatic N) is 1. The Morgan fingerprint density at radius 2 is 1.77 bits per heavy atom. The Labute approximate surface area is 137 Å². The molecule has 1 aliphatic rings. The molecule has 2 rings (SSSR count). The van der Waals surface area contributed by atoms with E-state index in [0.717, 1.165) is 17.7 Å². The van der Waals surface area contributed by atoms with Crippen LogP contribution in [0.5, 0.6) is 0 Å². The summed E-state index contributed by atoms with van der Waals surface area (Å²) < 4.78 is 11.3. The van der Waals surface area contributed by atoms with Crippen LogP contribution in [0.2, 0.25) is 0 Å². The Kier molecular flexibility index (Phi) is 5.75. The molecule has 1 saturated heterocycles. The van der Waals surface area contributed by atoms with E-state index < -0.39 is 5.60 Å². The van der Waals surface area contributed by atoms with Crippen molar-refractivity contribution < 1.29 is 13.7 Å². The first-order valence-electron chi connectivity index (χ1n) is 7.71. The van der Waals surface area contributed by atoms with Gasteiger partial charge in [-0.05, 0) is 52.7 Å². The molecule has 22 heavy (non-hydrogen) atoms. The second kappa shape index (κ2) is 7.38. The molecule has 0 atom stereocenters. The lowest BCUT2D eigenvalue weighted by molar-refractivity contribution is 0.0142. The number of benzene rings is 1. The van der Waals surface area contributed by atoms with Gasteiger partial charge in [0.25, 0.3) is 0 Å². The minimum atomic E-state index is -0.439. The van der Waals surface area contributed by atoms with Gasteiger partial charge in [-0.15, -0.1) is 0 Å². The van der Waals surface area contributed by atoms with Gasteiger partial charge in [0, 0.05) is 30.0 Å². The van der Waals surface area contributed by atoms with Crippen LogP contribution in [0.15, 0.2) is 29.2 Å². The third-order valence-corrected chi connectivity index (χ3v) is 4.23. The van der Waals surface area contributed by atoms with E-state index >= 15 is 0 Å². The van der Waals surface area contributed by atoms with Crippen LogP contribution >= 0.6 is 12.0 Å².